The van der Waals surface area contributed by atoms with Gasteiger partial charge in [-0.25, -0.2) is 0 Å². The molecule has 2 aromatic carbocycles. The van der Waals surface area contributed by atoms with E-state index in [0.29, 0.717) is 16.5 Å². The smallest absolute Gasteiger partial charge is 0.226 e. The Bertz CT molecular complexity index is 697. The van der Waals surface area contributed by atoms with Gasteiger partial charge in [-0.3, -0.25) is 4.79 Å². The van der Waals surface area contributed by atoms with Gasteiger partial charge >= 0.3 is 0 Å². The summed E-state index contributed by atoms with van der Waals surface area (Å²) >= 11 is 12.5. The van der Waals surface area contributed by atoms with E-state index in [1.54, 1.807) is 0 Å². The van der Waals surface area contributed by atoms with Crippen LogP contribution in [0.25, 0.3) is 0 Å². The standard InChI is InChI=1S/C20H21Cl2NO/c1-2-19(14-7-4-3-5-8-14)23-12-11-15(20(23)24)13-16-17(21)9-6-10-18(16)22/h3-10,15,19H,2,11-13H2,1H3. The molecule has 0 aromatic heterocycles. The molecule has 126 valence electrons. The zero-order valence-corrected chi connectivity index (χ0v) is 15.2. The van der Waals surface area contributed by atoms with Crippen molar-refractivity contribution in [2.75, 3.05) is 6.54 Å². The van der Waals surface area contributed by atoms with Crippen molar-refractivity contribution in [2.45, 2.75) is 32.2 Å². The van der Waals surface area contributed by atoms with Gasteiger partial charge in [-0.1, -0.05) is 66.5 Å². The molecule has 0 N–H and O–H groups in total. The van der Waals surface area contributed by atoms with Gasteiger partial charge < -0.3 is 4.90 Å². The van der Waals surface area contributed by atoms with E-state index in [4.69, 9.17) is 23.2 Å². The molecular weight excluding hydrogens is 341 g/mol. The van der Waals surface area contributed by atoms with E-state index in [-0.39, 0.29) is 17.9 Å². The molecule has 1 saturated heterocycles. The van der Waals surface area contributed by atoms with Crippen molar-refractivity contribution < 1.29 is 4.79 Å². The largest absolute Gasteiger partial charge is 0.335 e. The van der Waals surface area contributed by atoms with Crippen molar-refractivity contribution in [2.24, 2.45) is 5.92 Å². The van der Waals surface area contributed by atoms with Crippen molar-refractivity contribution in [1.82, 2.24) is 4.90 Å². The summed E-state index contributed by atoms with van der Waals surface area (Å²) in [6, 6.07) is 15.9. The highest BCUT2D eigenvalue weighted by Crippen LogP contribution is 2.35. The van der Waals surface area contributed by atoms with Crippen LogP contribution < -0.4 is 0 Å². The second-order valence-corrected chi connectivity index (χ2v) is 7.07. The summed E-state index contributed by atoms with van der Waals surface area (Å²) in [4.78, 5) is 15.0. The highest BCUT2D eigenvalue weighted by molar-refractivity contribution is 6.36. The maximum atomic E-state index is 12.9. The van der Waals surface area contributed by atoms with Crippen LogP contribution in [-0.2, 0) is 11.2 Å². The SMILES string of the molecule is CCC(c1ccccc1)N1CCC(Cc2c(Cl)cccc2Cl)C1=O. The number of carbonyl (C=O) groups excluding carboxylic acids is 1. The predicted molar refractivity (Wildman–Crippen MR) is 99.5 cm³/mol. The Morgan fingerprint density at radius 1 is 1.08 bits per heavy atom. The van der Waals surface area contributed by atoms with Crippen LogP contribution in [0.3, 0.4) is 0 Å². The number of nitrogens with zero attached hydrogens (tertiary/aromatic N) is 1. The van der Waals surface area contributed by atoms with Crippen LogP contribution in [0.15, 0.2) is 48.5 Å². The summed E-state index contributed by atoms with van der Waals surface area (Å²) in [5, 5.41) is 1.28. The lowest BCUT2D eigenvalue weighted by Gasteiger charge is -2.28. The first kappa shape index (κ1) is 17.3. The van der Waals surface area contributed by atoms with Crippen LogP contribution in [0.4, 0.5) is 0 Å². The molecule has 1 heterocycles. The highest BCUT2D eigenvalue weighted by Gasteiger charge is 2.36. The number of rotatable bonds is 5. The number of benzene rings is 2. The summed E-state index contributed by atoms with van der Waals surface area (Å²) in [7, 11) is 0. The lowest BCUT2D eigenvalue weighted by Crippen LogP contribution is -2.32. The van der Waals surface area contributed by atoms with Crippen LogP contribution in [0.5, 0.6) is 0 Å². The fraction of sp³-hybridized carbons (Fsp3) is 0.350. The summed E-state index contributed by atoms with van der Waals surface area (Å²) in [5.41, 5.74) is 2.08. The summed E-state index contributed by atoms with van der Waals surface area (Å²) < 4.78 is 0. The first-order valence-electron chi connectivity index (χ1n) is 8.40. The normalized spacial score (nSPS) is 18.9. The molecule has 24 heavy (non-hydrogen) atoms. The average molecular weight is 362 g/mol. The fourth-order valence-electron chi connectivity index (χ4n) is 3.55. The molecule has 0 spiro atoms. The molecule has 4 heteroatoms. The zero-order valence-electron chi connectivity index (χ0n) is 13.7. The predicted octanol–water partition coefficient (Wildman–Crippen LogP) is 5.54. The van der Waals surface area contributed by atoms with Crippen molar-refractivity contribution in [3.63, 3.8) is 0 Å². The van der Waals surface area contributed by atoms with Crippen molar-refractivity contribution >= 4 is 29.1 Å². The zero-order chi connectivity index (χ0) is 17.1. The summed E-state index contributed by atoms with van der Waals surface area (Å²) in [6.07, 6.45) is 2.37. The third-order valence-corrected chi connectivity index (χ3v) is 5.52. The quantitative estimate of drug-likeness (QED) is 0.684. The maximum absolute atomic E-state index is 12.9. The Balaban J connectivity index is 1.77. The molecule has 1 aliphatic rings. The van der Waals surface area contributed by atoms with Gasteiger partial charge in [-0.15, -0.1) is 0 Å². The van der Waals surface area contributed by atoms with Crippen molar-refractivity contribution in [1.29, 1.82) is 0 Å². The number of hydrogen-bond acceptors (Lipinski definition) is 1. The van der Waals surface area contributed by atoms with E-state index < -0.39 is 0 Å². The molecule has 2 atom stereocenters. The summed E-state index contributed by atoms with van der Waals surface area (Å²) in [6.45, 7) is 2.92. The molecule has 0 bridgehead atoms. The molecule has 2 nitrogen and oxygen atoms in total. The number of halogens is 2. The number of hydrogen-bond donors (Lipinski definition) is 0. The van der Waals surface area contributed by atoms with Gasteiger partial charge in [0.25, 0.3) is 0 Å². The van der Waals surface area contributed by atoms with Crippen LogP contribution in [0.1, 0.15) is 36.9 Å². The van der Waals surface area contributed by atoms with E-state index in [0.717, 1.165) is 24.9 Å². The molecule has 1 amide bonds. The number of carbonyl (C=O) groups is 1. The Morgan fingerprint density at radius 2 is 1.75 bits per heavy atom. The van der Waals surface area contributed by atoms with Gasteiger partial charge in [0.05, 0.1) is 6.04 Å². The van der Waals surface area contributed by atoms with Crippen LogP contribution >= 0.6 is 23.2 Å². The van der Waals surface area contributed by atoms with Crippen molar-refractivity contribution in [3.8, 4) is 0 Å². The average Bonchev–Trinajstić information content (AvgIpc) is 2.94. The molecular formula is C20H21Cl2NO. The van der Waals surface area contributed by atoms with Gasteiger partial charge in [-0.05, 0) is 42.5 Å². The Kier molecular flexibility index (Phi) is 5.47. The molecule has 1 aliphatic heterocycles. The van der Waals surface area contributed by atoms with Gasteiger partial charge in [0.15, 0.2) is 0 Å². The number of likely N-dealkylation sites (tertiary alicyclic amines) is 1. The lowest BCUT2D eigenvalue weighted by atomic mass is 9.97. The fourth-order valence-corrected chi connectivity index (χ4v) is 4.10. The molecule has 0 aliphatic carbocycles. The van der Waals surface area contributed by atoms with Crippen LogP contribution in [-0.4, -0.2) is 17.4 Å². The van der Waals surface area contributed by atoms with E-state index in [9.17, 15) is 4.79 Å². The molecule has 2 unspecified atom stereocenters. The van der Waals surface area contributed by atoms with Gasteiger partial charge in [0.2, 0.25) is 5.91 Å². The molecule has 3 rings (SSSR count). The molecule has 2 aromatic rings. The van der Waals surface area contributed by atoms with Gasteiger partial charge in [0.1, 0.15) is 0 Å². The minimum Gasteiger partial charge on any atom is -0.335 e. The topological polar surface area (TPSA) is 20.3 Å². The van der Waals surface area contributed by atoms with Crippen LogP contribution in [0, 0.1) is 5.92 Å². The Hall–Kier alpha value is -1.51. The third kappa shape index (κ3) is 3.45. The van der Waals surface area contributed by atoms with E-state index in [2.05, 4.69) is 19.1 Å². The first-order valence-corrected chi connectivity index (χ1v) is 9.15. The van der Waals surface area contributed by atoms with E-state index in [1.807, 2.05) is 41.3 Å². The van der Waals surface area contributed by atoms with Crippen LogP contribution in [0.2, 0.25) is 10.0 Å². The van der Waals surface area contributed by atoms with E-state index in [1.165, 1.54) is 5.56 Å². The van der Waals surface area contributed by atoms with E-state index >= 15 is 0 Å². The first-order chi connectivity index (χ1) is 11.6. The second kappa shape index (κ2) is 7.58. The minimum atomic E-state index is -0.0415. The third-order valence-electron chi connectivity index (χ3n) is 4.81. The molecule has 0 saturated carbocycles. The monoisotopic (exact) mass is 361 g/mol. The minimum absolute atomic E-state index is 0.0415. The molecule has 1 fully saturated rings. The lowest BCUT2D eigenvalue weighted by molar-refractivity contribution is -0.133. The Morgan fingerprint density at radius 3 is 2.38 bits per heavy atom. The Labute approximate surface area is 153 Å². The van der Waals surface area contributed by atoms with Gasteiger partial charge in [0, 0.05) is 22.5 Å². The highest BCUT2D eigenvalue weighted by atomic mass is 35.5. The van der Waals surface area contributed by atoms with Crippen molar-refractivity contribution in [3.05, 3.63) is 69.7 Å². The summed E-state index contributed by atoms with van der Waals surface area (Å²) in [5.74, 6) is 0.168. The molecule has 0 radical (unpaired) electrons. The second-order valence-electron chi connectivity index (χ2n) is 6.26. The van der Waals surface area contributed by atoms with Gasteiger partial charge in [-0.2, -0.15) is 0 Å². The number of amides is 1. The maximum Gasteiger partial charge on any atom is 0.226 e.